The Labute approximate surface area is 107 Å². The molecule has 0 atom stereocenters. The van der Waals surface area contributed by atoms with Crippen molar-refractivity contribution in [3.8, 4) is 11.6 Å². The second kappa shape index (κ2) is 6.00. The smallest absolute Gasteiger partial charge is 0.224 e. The molecule has 2 rings (SSSR count). The van der Waals surface area contributed by atoms with Gasteiger partial charge in [0.15, 0.2) is 0 Å². The van der Waals surface area contributed by atoms with Crippen molar-refractivity contribution in [2.24, 2.45) is 0 Å². The van der Waals surface area contributed by atoms with Crippen LogP contribution in [0.2, 0.25) is 0 Å². The molecule has 94 valence electrons. The van der Waals surface area contributed by atoms with Crippen LogP contribution in [0, 0.1) is 0 Å². The van der Waals surface area contributed by atoms with E-state index >= 15 is 0 Å². The van der Waals surface area contributed by atoms with Crippen molar-refractivity contribution in [1.29, 1.82) is 0 Å². The monoisotopic (exact) mass is 243 g/mol. The van der Waals surface area contributed by atoms with E-state index in [9.17, 15) is 0 Å². The van der Waals surface area contributed by atoms with Crippen LogP contribution >= 0.6 is 0 Å². The maximum atomic E-state index is 5.67. The zero-order chi connectivity index (χ0) is 12.8. The van der Waals surface area contributed by atoms with Crippen molar-refractivity contribution < 1.29 is 4.74 Å². The molecule has 0 aliphatic rings. The number of nitrogens with one attached hydrogen (secondary N) is 1. The van der Waals surface area contributed by atoms with E-state index in [1.165, 1.54) is 11.9 Å². The molecule has 0 bridgehead atoms. The van der Waals surface area contributed by atoms with Crippen molar-refractivity contribution in [3.05, 3.63) is 42.2 Å². The van der Waals surface area contributed by atoms with Gasteiger partial charge in [0.1, 0.15) is 17.9 Å². The summed E-state index contributed by atoms with van der Waals surface area (Å²) in [5.41, 5.74) is 1.29. The van der Waals surface area contributed by atoms with Crippen LogP contribution in [0.25, 0.3) is 0 Å². The Balaban J connectivity index is 2.09. The summed E-state index contributed by atoms with van der Waals surface area (Å²) in [6, 6.07) is 9.81. The Morgan fingerprint density at radius 3 is 2.56 bits per heavy atom. The fourth-order valence-electron chi connectivity index (χ4n) is 1.59. The molecular formula is C14H17N3O. The molecule has 0 saturated carbocycles. The summed E-state index contributed by atoms with van der Waals surface area (Å²) >= 11 is 0. The van der Waals surface area contributed by atoms with Crippen molar-refractivity contribution in [3.63, 3.8) is 0 Å². The quantitative estimate of drug-likeness (QED) is 0.875. The van der Waals surface area contributed by atoms with Gasteiger partial charge in [-0.05, 0) is 31.0 Å². The van der Waals surface area contributed by atoms with Crippen LogP contribution in [0.3, 0.4) is 0 Å². The van der Waals surface area contributed by atoms with Gasteiger partial charge in [-0.3, -0.25) is 0 Å². The summed E-state index contributed by atoms with van der Waals surface area (Å²) in [6.45, 7) is 4.97. The number of ether oxygens (including phenoxy) is 1. The van der Waals surface area contributed by atoms with E-state index in [1.54, 1.807) is 6.07 Å². The number of aromatic nitrogens is 2. The lowest BCUT2D eigenvalue weighted by molar-refractivity contribution is 0.461. The Bertz CT molecular complexity index is 497. The average molecular weight is 243 g/mol. The first kappa shape index (κ1) is 12.4. The first-order valence-corrected chi connectivity index (χ1v) is 6.14. The number of benzene rings is 1. The summed E-state index contributed by atoms with van der Waals surface area (Å²) in [5.74, 6) is 2.10. The number of hydrogen-bond donors (Lipinski definition) is 1. The molecule has 0 aliphatic carbocycles. The minimum atomic E-state index is 0.546. The molecule has 0 unspecified atom stereocenters. The van der Waals surface area contributed by atoms with Crippen LogP contribution in [0.5, 0.6) is 11.6 Å². The fraction of sp³-hybridized carbons (Fsp3) is 0.286. The number of aryl methyl sites for hydroxylation is 1. The molecule has 1 heterocycles. The highest BCUT2D eigenvalue weighted by molar-refractivity contribution is 5.39. The molecule has 0 saturated heterocycles. The molecule has 18 heavy (non-hydrogen) atoms. The standard InChI is InChI=1S/C14H17N3O/c1-3-11-5-7-12(8-6-11)18-14-9-13(15-4-2)16-10-17-14/h5-10H,3-4H2,1-2H3,(H,15,16,17). The van der Waals surface area contributed by atoms with Crippen molar-refractivity contribution in [2.75, 3.05) is 11.9 Å². The van der Waals surface area contributed by atoms with Crippen LogP contribution in [0.1, 0.15) is 19.4 Å². The van der Waals surface area contributed by atoms with Gasteiger partial charge in [-0.15, -0.1) is 0 Å². The molecule has 2 aromatic rings. The van der Waals surface area contributed by atoms with Gasteiger partial charge < -0.3 is 10.1 Å². The Morgan fingerprint density at radius 2 is 1.89 bits per heavy atom. The van der Waals surface area contributed by atoms with Crippen LogP contribution < -0.4 is 10.1 Å². The maximum Gasteiger partial charge on any atom is 0.224 e. The molecule has 4 nitrogen and oxygen atoms in total. The lowest BCUT2D eigenvalue weighted by atomic mass is 10.2. The Hall–Kier alpha value is -2.10. The third-order valence-electron chi connectivity index (χ3n) is 2.55. The Kier molecular flexibility index (Phi) is 4.12. The van der Waals surface area contributed by atoms with Gasteiger partial charge in [-0.2, -0.15) is 0 Å². The van der Waals surface area contributed by atoms with Crippen LogP contribution in [0.15, 0.2) is 36.7 Å². The summed E-state index contributed by atoms with van der Waals surface area (Å²) in [7, 11) is 0. The van der Waals surface area contributed by atoms with E-state index in [0.29, 0.717) is 5.88 Å². The van der Waals surface area contributed by atoms with E-state index in [4.69, 9.17) is 4.74 Å². The lowest BCUT2D eigenvalue weighted by Crippen LogP contribution is -2.00. The summed E-state index contributed by atoms with van der Waals surface area (Å²) in [6.07, 6.45) is 2.52. The number of anilines is 1. The van der Waals surface area contributed by atoms with E-state index in [-0.39, 0.29) is 0 Å². The molecule has 0 spiro atoms. The maximum absolute atomic E-state index is 5.67. The lowest BCUT2D eigenvalue weighted by Gasteiger charge is -2.07. The van der Waals surface area contributed by atoms with Crippen LogP contribution in [-0.2, 0) is 6.42 Å². The van der Waals surface area contributed by atoms with E-state index in [1.807, 2.05) is 19.1 Å². The van der Waals surface area contributed by atoms with Gasteiger partial charge in [-0.25, -0.2) is 9.97 Å². The molecular weight excluding hydrogens is 226 g/mol. The predicted octanol–water partition coefficient (Wildman–Crippen LogP) is 3.26. The van der Waals surface area contributed by atoms with Crippen LogP contribution in [-0.4, -0.2) is 16.5 Å². The van der Waals surface area contributed by atoms with E-state index in [2.05, 4.69) is 34.3 Å². The number of hydrogen-bond acceptors (Lipinski definition) is 4. The zero-order valence-corrected chi connectivity index (χ0v) is 10.7. The van der Waals surface area contributed by atoms with Gasteiger partial charge >= 0.3 is 0 Å². The third-order valence-corrected chi connectivity index (χ3v) is 2.55. The summed E-state index contributed by atoms with van der Waals surface area (Å²) < 4.78 is 5.67. The topological polar surface area (TPSA) is 47.0 Å². The van der Waals surface area contributed by atoms with E-state index < -0.39 is 0 Å². The Morgan fingerprint density at radius 1 is 1.11 bits per heavy atom. The molecule has 4 heteroatoms. The highest BCUT2D eigenvalue weighted by atomic mass is 16.5. The normalized spacial score (nSPS) is 10.1. The van der Waals surface area contributed by atoms with Gasteiger partial charge in [-0.1, -0.05) is 19.1 Å². The van der Waals surface area contributed by atoms with Gasteiger partial charge in [0.2, 0.25) is 5.88 Å². The zero-order valence-electron chi connectivity index (χ0n) is 10.7. The molecule has 0 fully saturated rings. The van der Waals surface area contributed by atoms with Gasteiger partial charge in [0.05, 0.1) is 0 Å². The number of rotatable bonds is 5. The third kappa shape index (κ3) is 3.20. The molecule has 0 amide bonds. The minimum absolute atomic E-state index is 0.546. The summed E-state index contributed by atoms with van der Waals surface area (Å²) in [4.78, 5) is 8.18. The van der Waals surface area contributed by atoms with Crippen molar-refractivity contribution in [1.82, 2.24) is 9.97 Å². The van der Waals surface area contributed by atoms with E-state index in [0.717, 1.165) is 24.5 Å². The predicted molar refractivity (Wildman–Crippen MR) is 72.1 cm³/mol. The molecule has 1 aromatic carbocycles. The summed E-state index contributed by atoms with van der Waals surface area (Å²) in [5, 5.41) is 3.12. The first-order valence-electron chi connectivity index (χ1n) is 6.14. The minimum Gasteiger partial charge on any atom is -0.439 e. The highest BCUT2D eigenvalue weighted by Gasteiger charge is 2.01. The first-order chi connectivity index (χ1) is 8.81. The van der Waals surface area contributed by atoms with Crippen molar-refractivity contribution in [2.45, 2.75) is 20.3 Å². The molecule has 0 radical (unpaired) electrons. The second-order valence-corrected chi connectivity index (χ2v) is 3.87. The molecule has 1 N–H and O–H groups in total. The average Bonchev–Trinajstić information content (AvgIpc) is 2.40. The van der Waals surface area contributed by atoms with Crippen molar-refractivity contribution >= 4 is 5.82 Å². The fourth-order valence-corrected chi connectivity index (χ4v) is 1.59. The highest BCUT2D eigenvalue weighted by Crippen LogP contribution is 2.21. The molecule has 0 aliphatic heterocycles. The second-order valence-electron chi connectivity index (χ2n) is 3.87. The van der Waals surface area contributed by atoms with Crippen LogP contribution in [0.4, 0.5) is 5.82 Å². The van der Waals surface area contributed by atoms with Gasteiger partial charge in [0.25, 0.3) is 0 Å². The largest absolute Gasteiger partial charge is 0.439 e. The SMILES string of the molecule is CCNc1cc(Oc2ccc(CC)cc2)ncn1. The number of nitrogens with zero attached hydrogens (tertiary/aromatic N) is 2. The van der Waals surface area contributed by atoms with Gasteiger partial charge in [0, 0.05) is 12.6 Å². The molecule has 1 aromatic heterocycles.